The van der Waals surface area contributed by atoms with E-state index in [1.165, 1.54) is 6.07 Å². The molecule has 1 aromatic carbocycles. The van der Waals surface area contributed by atoms with Gasteiger partial charge in [0.05, 0.1) is 17.7 Å². The van der Waals surface area contributed by atoms with Crippen LogP contribution in [0, 0.1) is 22.7 Å². The highest BCUT2D eigenvalue weighted by atomic mass is 79.9. The molecule has 0 radical (unpaired) electrons. The fraction of sp³-hybridized carbons (Fsp3) is 0.273. The number of rotatable bonds is 3. The van der Waals surface area contributed by atoms with Crippen LogP contribution in [0.2, 0.25) is 0 Å². The molecular weight excluding hydrogens is 272 g/mol. The fourth-order valence-corrected chi connectivity index (χ4v) is 1.81. The molecule has 0 spiro atoms. The first-order valence-electron chi connectivity index (χ1n) is 4.48. The number of nitrogens with zero attached hydrogens (tertiary/aromatic N) is 2. The number of halogens is 1. The first-order chi connectivity index (χ1) is 7.63. The van der Waals surface area contributed by atoms with Gasteiger partial charge >= 0.3 is 0 Å². The van der Waals surface area contributed by atoms with Gasteiger partial charge in [-0.3, -0.25) is 0 Å². The maximum absolute atomic E-state index is 9.72. The highest BCUT2D eigenvalue weighted by Gasteiger charge is 2.20. The SMILES string of the molecule is N#Cc1ccc(CBr)c(C(O)C(O)C#N)c1. The molecule has 0 amide bonds. The molecule has 0 saturated carbocycles. The minimum Gasteiger partial charge on any atom is -0.385 e. The van der Waals surface area contributed by atoms with E-state index < -0.39 is 12.2 Å². The Morgan fingerprint density at radius 3 is 2.50 bits per heavy atom. The minimum absolute atomic E-state index is 0.379. The maximum atomic E-state index is 9.72. The Labute approximate surface area is 101 Å². The molecule has 0 aromatic heterocycles. The summed E-state index contributed by atoms with van der Waals surface area (Å²) in [5.41, 5.74) is 1.51. The molecule has 1 aromatic rings. The molecule has 0 aliphatic carbocycles. The van der Waals surface area contributed by atoms with Crippen molar-refractivity contribution < 1.29 is 10.2 Å². The van der Waals surface area contributed by atoms with Gasteiger partial charge in [0.15, 0.2) is 6.10 Å². The summed E-state index contributed by atoms with van der Waals surface area (Å²) in [6.45, 7) is 0. The largest absolute Gasteiger partial charge is 0.385 e. The predicted molar refractivity (Wildman–Crippen MR) is 60.4 cm³/mol. The van der Waals surface area contributed by atoms with E-state index in [1.54, 1.807) is 18.2 Å². The van der Waals surface area contributed by atoms with Crippen LogP contribution in [0.25, 0.3) is 0 Å². The molecule has 16 heavy (non-hydrogen) atoms. The monoisotopic (exact) mass is 280 g/mol. The van der Waals surface area contributed by atoms with Crippen LogP contribution in [-0.2, 0) is 5.33 Å². The van der Waals surface area contributed by atoms with Gasteiger partial charge in [-0.2, -0.15) is 10.5 Å². The normalized spacial score (nSPS) is 13.6. The van der Waals surface area contributed by atoms with E-state index in [2.05, 4.69) is 15.9 Å². The van der Waals surface area contributed by atoms with Crippen LogP contribution in [0.1, 0.15) is 22.8 Å². The molecule has 0 aliphatic heterocycles. The second kappa shape index (κ2) is 5.62. The molecule has 5 heteroatoms. The predicted octanol–water partition coefficient (Wildman–Crippen LogP) is 1.37. The van der Waals surface area contributed by atoms with Crippen LogP contribution in [0.5, 0.6) is 0 Å². The second-order valence-corrected chi connectivity index (χ2v) is 3.74. The summed E-state index contributed by atoms with van der Waals surface area (Å²) in [5.74, 6) is 0. The van der Waals surface area contributed by atoms with Crippen molar-refractivity contribution in [2.75, 3.05) is 0 Å². The first-order valence-corrected chi connectivity index (χ1v) is 5.60. The highest BCUT2D eigenvalue weighted by Crippen LogP contribution is 2.24. The van der Waals surface area contributed by atoms with Crippen molar-refractivity contribution in [2.24, 2.45) is 0 Å². The van der Waals surface area contributed by atoms with Crippen LogP contribution in [0.4, 0.5) is 0 Å². The van der Waals surface area contributed by atoms with E-state index >= 15 is 0 Å². The number of aliphatic hydroxyl groups is 2. The molecule has 1 rings (SSSR count). The van der Waals surface area contributed by atoms with Crippen LogP contribution in [0.3, 0.4) is 0 Å². The first kappa shape index (κ1) is 12.7. The Morgan fingerprint density at radius 2 is 2.00 bits per heavy atom. The lowest BCUT2D eigenvalue weighted by Gasteiger charge is -2.15. The quantitative estimate of drug-likeness (QED) is 0.647. The summed E-state index contributed by atoms with van der Waals surface area (Å²) < 4.78 is 0. The van der Waals surface area contributed by atoms with Crippen LogP contribution < -0.4 is 0 Å². The van der Waals surface area contributed by atoms with Crippen LogP contribution in [-0.4, -0.2) is 16.3 Å². The third kappa shape index (κ3) is 2.59. The van der Waals surface area contributed by atoms with Gasteiger partial charge in [0.2, 0.25) is 0 Å². The average Bonchev–Trinajstić information content (AvgIpc) is 2.35. The molecule has 2 atom stereocenters. The molecule has 4 nitrogen and oxygen atoms in total. The van der Waals surface area contributed by atoms with E-state index in [9.17, 15) is 10.2 Å². The third-order valence-electron chi connectivity index (χ3n) is 2.17. The standard InChI is InChI=1S/C11H9BrN2O2/c12-4-8-2-1-7(5-13)3-9(8)11(16)10(15)6-14/h1-3,10-11,15-16H,4H2. The molecule has 0 aliphatic rings. The highest BCUT2D eigenvalue weighted by molar-refractivity contribution is 9.08. The van der Waals surface area contributed by atoms with Gasteiger partial charge in [-0.25, -0.2) is 0 Å². The Balaban J connectivity index is 3.20. The summed E-state index contributed by atoms with van der Waals surface area (Å²) in [5, 5.41) is 36.7. The zero-order valence-corrected chi connectivity index (χ0v) is 9.85. The molecule has 0 heterocycles. The number of aliphatic hydroxyl groups excluding tert-OH is 2. The van der Waals surface area contributed by atoms with Crippen molar-refractivity contribution in [1.29, 1.82) is 10.5 Å². The number of hydrogen-bond acceptors (Lipinski definition) is 4. The van der Waals surface area contributed by atoms with Crippen molar-refractivity contribution in [3.05, 3.63) is 34.9 Å². The molecule has 0 saturated heterocycles. The third-order valence-corrected chi connectivity index (χ3v) is 2.77. The van der Waals surface area contributed by atoms with Gasteiger partial charge in [-0.15, -0.1) is 0 Å². The van der Waals surface area contributed by atoms with E-state index in [1.807, 2.05) is 6.07 Å². The van der Waals surface area contributed by atoms with E-state index in [-0.39, 0.29) is 0 Å². The number of alkyl halides is 1. The van der Waals surface area contributed by atoms with E-state index in [0.717, 1.165) is 5.56 Å². The topological polar surface area (TPSA) is 88.0 Å². The van der Waals surface area contributed by atoms with Gasteiger partial charge in [-0.1, -0.05) is 22.0 Å². The molecule has 0 fully saturated rings. The summed E-state index contributed by atoms with van der Waals surface area (Å²) in [6.07, 6.45) is -2.79. The number of benzene rings is 1. The summed E-state index contributed by atoms with van der Waals surface area (Å²) in [6, 6.07) is 8.27. The van der Waals surface area contributed by atoms with Crippen LogP contribution in [0.15, 0.2) is 18.2 Å². The van der Waals surface area contributed by atoms with Gasteiger partial charge < -0.3 is 10.2 Å². The Bertz CT molecular complexity index is 462. The Hall–Kier alpha value is -1.40. The van der Waals surface area contributed by atoms with Gasteiger partial charge in [0.1, 0.15) is 6.10 Å². The lowest BCUT2D eigenvalue weighted by Crippen LogP contribution is -2.17. The summed E-state index contributed by atoms with van der Waals surface area (Å²) in [4.78, 5) is 0. The summed E-state index contributed by atoms with van der Waals surface area (Å²) in [7, 11) is 0. The number of hydrogen-bond donors (Lipinski definition) is 2. The van der Waals surface area contributed by atoms with Crippen molar-refractivity contribution in [1.82, 2.24) is 0 Å². The van der Waals surface area contributed by atoms with Crippen molar-refractivity contribution in [2.45, 2.75) is 17.5 Å². The van der Waals surface area contributed by atoms with Crippen molar-refractivity contribution >= 4 is 15.9 Å². The van der Waals surface area contributed by atoms with Crippen molar-refractivity contribution in [3.8, 4) is 12.1 Å². The molecular formula is C11H9BrN2O2. The smallest absolute Gasteiger partial charge is 0.170 e. The van der Waals surface area contributed by atoms with Gasteiger partial charge in [-0.05, 0) is 23.3 Å². The average molecular weight is 281 g/mol. The zero-order chi connectivity index (χ0) is 12.1. The van der Waals surface area contributed by atoms with Gasteiger partial charge in [0, 0.05) is 5.33 Å². The van der Waals surface area contributed by atoms with E-state index in [0.29, 0.717) is 16.5 Å². The Kier molecular flexibility index (Phi) is 4.45. The molecule has 0 bridgehead atoms. The summed E-state index contributed by atoms with van der Waals surface area (Å²) >= 11 is 3.24. The van der Waals surface area contributed by atoms with E-state index in [4.69, 9.17) is 10.5 Å². The fourth-order valence-electron chi connectivity index (χ4n) is 1.30. The lowest BCUT2D eigenvalue weighted by atomic mass is 9.98. The Morgan fingerprint density at radius 1 is 1.31 bits per heavy atom. The molecule has 2 N–H and O–H groups in total. The number of nitriles is 2. The second-order valence-electron chi connectivity index (χ2n) is 3.18. The van der Waals surface area contributed by atoms with Crippen LogP contribution >= 0.6 is 15.9 Å². The zero-order valence-electron chi connectivity index (χ0n) is 8.26. The van der Waals surface area contributed by atoms with Crippen molar-refractivity contribution in [3.63, 3.8) is 0 Å². The minimum atomic E-state index is -1.49. The molecule has 2 unspecified atom stereocenters. The maximum Gasteiger partial charge on any atom is 0.170 e. The lowest BCUT2D eigenvalue weighted by molar-refractivity contribution is 0.0523. The van der Waals surface area contributed by atoms with Gasteiger partial charge in [0.25, 0.3) is 0 Å². The molecule has 82 valence electrons.